The van der Waals surface area contributed by atoms with Crippen molar-refractivity contribution >= 4 is 5.97 Å². The Kier molecular flexibility index (Phi) is 5.09. The molecule has 0 amide bonds. The molecule has 0 aliphatic carbocycles. The molecule has 0 saturated carbocycles. The smallest absolute Gasteiger partial charge is 0.347 e. The molecule has 25 heavy (non-hydrogen) atoms. The molecule has 4 heteroatoms. The molecule has 126 valence electrons. The van der Waals surface area contributed by atoms with Gasteiger partial charge in [-0.25, -0.2) is 9.18 Å². The van der Waals surface area contributed by atoms with Gasteiger partial charge in [0.2, 0.25) is 0 Å². The third kappa shape index (κ3) is 4.23. The molecule has 3 aromatic rings. The predicted octanol–water partition coefficient (Wildman–Crippen LogP) is 4.93. The average molecular weight is 336 g/mol. The van der Waals surface area contributed by atoms with Crippen molar-refractivity contribution in [2.45, 2.75) is 13.5 Å². The van der Waals surface area contributed by atoms with E-state index in [0.717, 1.165) is 11.1 Å². The first-order valence-electron chi connectivity index (χ1n) is 7.87. The standard InChI is InChI=1S/C21H17FO3/c1-15-6-2-4-8-19(15)25-21(23)18-7-3-5-9-20(18)24-14-16-10-12-17(22)13-11-16/h2-13H,14H2,1H3. The number of aryl methyl sites for hydroxylation is 1. The second-order valence-corrected chi connectivity index (χ2v) is 5.57. The summed E-state index contributed by atoms with van der Waals surface area (Å²) in [6.07, 6.45) is 0. The van der Waals surface area contributed by atoms with Crippen LogP contribution in [0, 0.1) is 12.7 Å². The maximum absolute atomic E-state index is 13.0. The van der Waals surface area contributed by atoms with Gasteiger partial charge in [0.25, 0.3) is 0 Å². The van der Waals surface area contributed by atoms with E-state index in [2.05, 4.69) is 0 Å². The van der Waals surface area contributed by atoms with Crippen LogP contribution in [0.15, 0.2) is 72.8 Å². The van der Waals surface area contributed by atoms with Crippen LogP contribution in [0.1, 0.15) is 21.5 Å². The summed E-state index contributed by atoms with van der Waals surface area (Å²) in [5.41, 5.74) is 2.02. The number of carbonyl (C=O) groups excluding carboxylic acids is 1. The maximum atomic E-state index is 13.0. The van der Waals surface area contributed by atoms with E-state index < -0.39 is 5.97 Å². The summed E-state index contributed by atoms with van der Waals surface area (Å²) in [4.78, 5) is 12.5. The summed E-state index contributed by atoms with van der Waals surface area (Å²) in [5, 5.41) is 0. The molecule has 0 spiro atoms. The third-order valence-corrected chi connectivity index (χ3v) is 3.71. The highest BCUT2D eigenvalue weighted by Gasteiger charge is 2.15. The number of esters is 1. The number of hydrogen-bond acceptors (Lipinski definition) is 3. The highest BCUT2D eigenvalue weighted by molar-refractivity contribution is 5.94. The molecule has 0 atom stereocenters. The van der Waals surface area contributed by atoms with Crippen LogP contribution in [0.4, 0.5) is 4.39 Å². The van der Waals surface area contributed by atoms with E-state index in [1.54, 1.807) is 42.5 Å². The van der Waals surface area contributed by atoms with Gasteiger partial charge in [-0.3, -0.25) is 0 Å². The van der Waals surface area contributed by atoms with Crippen LogP contribution in [-0.4, -0.2) is 5.97 Å². The minimum atomic E-state index is -0.482. The minimum Gasteiger partial charge on any atom is -0.488 e. The van der Waals surface area contributed by atoms with Crippen molar-refractivity contribution in [2.24, 2.45) is 0 Å². The highest BCUT2D eigenvalue weighted by Crippen LogP contribution is 2.23. The summed E-state index contributed by atoms with van der Waals surface area (Å²) in [6.45, 7) is 2.11. The lowest BCUT2D eigenvalue weighted by atomic mass is 10.2. The first-order valence-corrected chi connectivity index (χ1v) is 7.87. The molecular formula is C21H17FO3. The van der Waals surface area contributed by atoms with Crippen LogP contribution < -0.4 is 9.47 Å². The predicted molar refractivity (Wildman–Crippen MR) is 93.3 cm³/mol. The Hall–Kier alpha value is -3.14. The van der Waals surface area contributed by atoms with Crippen molar-refractivity contribution in [3.05, 3.63) is 95.3 Å². The third-order valence-electron chi connectivity index (χ3n) is 3.71. The molecule has 0 aromatic heterocycles. The molecule has 0 bridgehead atoms. The van der Waals surface area contributed by atoms with E-state index in [1.807, 2.05) is 25.1 Å². The van der Waals surface area contributed by atoms with Gasteiger partial charge in [-0.05, 0) is 48.4 Å². The highest BCUT2D eigenvalue weighted by atomic mass is 19.1. The number of carbonyl (C=O) groups is 1. The quantitative estimate of drug-likeness (QED) is 0.489. The van der Waals surface area contributed by atoms with E-state index in [9.17, 15) is 9.18 Å². The van der Waals surface area contributed by atoms with Gasteiger partial charge in [-0.2, -0.15) is 0 Å². The second-order valence-electron chi connectivity index (χ2n) is 5.57. The van der Waals surface area contributed by atoms with Gasteiger partial charge in [0.05, 0.1) is 0 Å². The molecule has 0 saturated heterocycles. The Labute approximate surface area is 145 Å². The van der Waals surface area contributed by atoms with Crippen LogP contribution in [0.3, 0.4) is 0 Å². The van der Waals surface area contributed by atoms with Crippen molar-refractivity contribution in [3.8, 4) is 11.5 Å². The van der Waals surface area contributed by atoms with Crippen molar-refractivity contribution in [1.82, 2.24) is 0 Å². The second kappa shape index (κ2) is 7.62. The number of halogens is 1. The Morgan fingerprint density at radius 2 is 1.52 bits per heavy atom. The molecule has 3 nitrogen and oxygen atoms in total. The fraction of sp³-hybridized carbons (Fsp3) is 0.0952. The van der Waals surface area contributed by atoms with Crippen LogP contribution in [0.25, 0.3) is 0 Å². The topological polar surface area (TPSA) is 35.5 Å². The molecular weight excluding hydrogens is 319 g/mol. The van der Waals surface area contributed by atoms with Crippen LogP contribution in [0.5, 0.6) is 11.5 Å². The molecule has 3 rings (SSSR count). The van der Waals surface area contributed by atoms with E-state index in [0.29, 0.717) is 17.1 Å². The van der Waals surface area contributed by atoms with E-state index >= 15 is 0 Å². The fourth-order valence-electron chi connectivity index (χ4n) is 2.33. The molecule has 3 aromatic carbocycles. The number of rotatable bonds is 5. The summed E-state index contributed by atoms with van der Waals surface area (Å²) in [7, 11) is 0. The largest absolute Gasteiger partial charge is 0.488 e. The van der Waals surface area contributed by atoms with E-state index in [-0.39, 0.29) is 12.4 Å². The minimum absolute atomic E-state index is 0.231. The Bertz CT molecular complexity index is 872. The summed E-state index contributed by atoms with van der Waals surface area (Å²) in [5.74, 6) is 0.154. The lowest BCUT2D eigenvalue weighted by Crippen LogP contribution is -2.11. The monoisotopic (exact) mass is 336 g/mol. The number of hydrogen-bond donors (Lipinski definition) is 0. The van der Waals surface area contributed by atoms with E-state index in [1.165, 1.54) is 12.1 Å². The van der Waals surface area contributed by atoms with Crippen molar-refractivity contribution < 1.29 is 18.7 Å². The van der Waals surface area contributed by atoms with Crippen molar-refractivity contribution in [2.75, 3.05) is 0 Å². The van der Waals surface area contributed by atoms with Crippen LogP contribution in [-0.2, 0) is 6.61 Å². The van der Waals surface area contributed by atoms with Gasteiger partial charge < -0.3 is 9.47 Å². The first-order chi connectivity index (χ1) is 12.1. The molecule has 0 radical (unpaired) electrons. The zero-order chi connectivity index (χ0) is 17.6. The summed E-state index contributed by atoms with van der Waals surface area (Å²) in [6, 6.07) is 20.2. The first kappa shape index (κ1) is 16.7. The Balaban J connectivity index is 1.75. The maximum Gasteiger partial charge on any atom is 0.347 e. The van der Waals surface area contributed by atoms with Crippen LogP contribution in [0.2, 0.25) is 0 Å². The van der Waals surface area contributed by atoms with Crippen molar-refractivity contribution in [1.29, 1.82) is 0 Å². The van der Waals surface area contributed by atoms with Crippen molar-refractivity contribution in [3.63, 3.8) is 0 Å². The number of para-hydroxylation sites is 2. The average Bonchev–Trinajstić information content (AvgIpc) is 2.63. The molecule has 0 fully saturated rings. The van der Waals surface area contributed by atoms with Crippen LogP contribution >= 0.6 is 0 Å². The number of ether oxygens (including phenoxy) is 2. The van der Waals surface area contributed by atoms with E-state index in [4.69, 9.17) is 9.47 Å². The SMILES string of the molecule is Cc1ccccc1OC(=O)c1ccccc1OCc1ccc(F)cc1. The Morgan fingerprint density at radius 3 is 2.24 bits per heavy atom. The molecule has 0 heterocycles. The molecule has 0 aliphatic rings. The van der Waals surface area contributed by atoms with Gasteiger partial charge in [0.15, 0.2) is 0 Å². The molecule has 0 N–H and O–H groups in total. The van der Waals surface area contributed by atoms with Gasteiger partial charge in [0, 0.05) is 0 Å². The summed E-state index contributed by atoms with van der Waals surface area (Å²) < 4.78 is 24.2. The van der Waals surface area contributed by atoms with Gasteiger partial charge in [-0.15, -0.1) is 0 Å². The lowest BCUT2D eigenvalue weighted by molar-refractivity contribution is 0.0728. The lowest BCUT2D eigenvalue weighted by Gasteiger charge is -2.12. The molecule has 0 aliphatic heterocycles. The Morgan fingerprint density at radius 1 is 0.880 bits per heavy atom. The van der Waals surface area contributed by atoms with Gasteiger partial charge >= 0.3 is 5.97 Å². The summed E-state index contributed by atoms with van der Waals surface area (Å²) >= 11 is 0. The zero-order valence-electron chi connectivity index (χ0n) is 13.7. The normalized spacial score (nSPS) is 10.3. The number of benzene rings is 3. The van der Waals surface area contributed by atoms with Gasteiger partial charge in [-0.1, -0.05) is 42.5 Å². The zero-order valence-corrected chi connectivity index (χ0v) is 13.7. The molecule has 0 unspecified atom stereocenters. The van der Waals surface area contributed by atoms with Gasteiger partial charge in [0.1, 0.15) is 29.5 Å². The fourth-order valence-corrected chi connectivity index (χ4v) is 2.33.